The molecule has 0 saturated carbocycles. The van der Waals surface area contributed by atoms with Gasteiger partial charge in [-0.15, -0.1) is 5.73 Å². The zero-order valence-corrected chi connectivity index (χ0v) is 6.95. The Kier molecular flexibility index (Phi) is 3.61. The van der Waals surface area contributed by atoms with Gasteiger partial charge in [-0.1, -0.05) is 20.4 Å². The lowest BCUT2D eigenvalue weighted by Crippen LogP contribution is -1.82. The molecule has 0 N–H and O–H groups in total. The highest BCUT2D eigenvalue weighted by Crippen LogP contribution is 2.45. The summed E-state index contributed by atoms with van der Waals surface area (Å²) in [6.45, 7) is 7.25. The minimum atomic E-state index is -1.98. The van der Waals surface area contributed by atoms with Gasteiger partial charge in [-0.05, 0) is 0 Å². The highest BCUT2D eigenvalue weighted by Gasteiger charge is 2.10. The summed E-state index contributed by atoms with van der Waals surface area (Å²) in [4.78, 5) is 0. The van der Waals surface area contributed by atoms with Crippen molar-refractivity contribution in [3.63, 3.8) is 0 Å². The largest absolute Gasteiger partial charge is 0.319 e. The molecule has 52 valence electrons. The number of hydrogen-bond donors (Lipinski definition) is 0. The second kappa shape index (κ2) is 3.71. The summed E-state index contributed by atoms with van der Waals surface area (Å²) >= 11 is 0. The Labute approximate surface area is 56.8 Å². The van der Waals surface area contributed by atoms with Gasteiger partial charge in [0, 0.05) is 18.1 Å². The first-order valence-electron chi connectivity index (χ1n) is 3.13. The van der Waals surface area contributed by atoms with Crippen LogP contribution in [0.5, 0.6) is 0 Å². The molecule has 0 unspecified atom stereocenters. The van der Waals surface area contributed by atoms with Gasteiger partial charge in [0.15, 0.2) is 0 Å². The lowest BCUT2D eigenvalue weighted by molar-refractivity contribution is 0.582. The zero-order valence-electron chi connectivity index (χ0n) is 6.05. The summed E-state index contributed by atoms with van der Waals surface area (Å²) in [7, 11) is -1.98. The first kappa shape index (κ1) is 8.75. The van der Waals surface area contributed by atoms with Crippen LogP contribution in [0.4, 0.5) is 0 Å². The molecule has 0 saturated heterocycles. The minimum Gasteiger partial charge on any atom is -0.319 e. The van der Waals surface area contributed by atoms with Crippen LogP contribution >= 0.6 is 7.14 Å². The second-order valence-corrected chi connectivity index (χ2v) is 5.35. The molecule has 0 heterocycles. The van der Waals surface area contributed by atoms with E-state index in [0.717, 1.165) is 12.3 Å². The average Bonchev–Trinajstić information content (AvgIpc) is 1.89. The van der Waals surface area contributed by atoms with Crippen molar-refractivity contribution in [3.8, 4) is 0 Å². The third kappa shape index (κ3) is 2.70. The maximum atomic E-state index is 11.4. The molecular formula is C7H13OP. The van der Waals surface area contributed by atoms with E-state index in [4.69, 9.17) is 0 Å². The summed E-state index contributed by atoms with van der Waals surface area (Å²) in [6.07, 6.45) is 1.46. The normalized spacial score (nSPS) is 10.4. The van der Waals surface area contributed by atoms with Crippen molar-refractivity contribution in [1.82, 2.24) is 0 Å². The Morgan fingerprint density at radius 2 is 2.00 bits per heavy atom. The molecule has 0 amide bonds. The van der Waals surface area contributed by atoms with Gasteiger partial charge in [0.1, 0.15) is 7.14 Å². The molecule has 0 radical (unpaired) electrons. The van der Waals surface area contributed by atoms with Crippen LogP contribution in [-0.4, -0.2) is 12.3 Å². The van der Waals surface area contributed by atoms with Crippen molar-refractivity contribution in [3.05, 3.63) is 18.1 Å². The summed E-state index contributed by atoms with van der Waals surface area (Å²) in [6, 6.07) is 0. The van der Waals surface area contributed by atoms with Crippen LogP contribution in [-0.2, 0) is 4.57 Å². The third-order valence-electron chi connectivity index (χ3n) is 1.40. The van der Waals surface area contributed by atoms with Crippen molar-refractivity contribution >= 4 is 7.14 Å². The zero-order chi connectivity index (χ0) is 7.33. The van der Waals surface area contributed by atoms with Crippen molar-refractivity contribution in [2.45, 2.75) is 13.8 Å². The van der Waals surface area contributed by atoms with E-state index in [1.54, 1.807) is 5.82 Å². The van der Waals surface area contributed by atoms with Crippen LogP contribution in [0.3, 0.4) is 0 Å². The van der Waals surface area contributed by atoms with E-state index in [2.05, 4.69) is 12.3 Å². The Balaban J connectivity index is 4.28. The molecule has 0 atom stereocenters. The lowest BCUT2D eigenvalue weighted by atomic mass is 10.9. The Bertz CT molecular complexity index is 158. The third-order valence-corrected chi connectivity index (χ3v) is 4.19. The maximum absolute atomic E-state index is 11.4. The van der Waals surface area contributed by atoms with E-state index in [1.807, 2.05) is 13.8 Å². The molecule has 0 aromatic heterocycles. The Hall–Kier alpha value is -0.250. The van der Waals surface area contributed by atoms with E-state index >= 15 is 0 Å². The van der Waals surface area contributed by atoms with Crippen LogP contribution < -0.4 is 0 Å². The van der Waals surface area contributed by atoms with E-state index in [9.17, 15) is 4.57 Å². The molecule has 0 bridgehead atoms. The van der Waals surface area contributed by atoms with E-state index in [-0.39, 0.29) is 0 Å². The summed E-state index contributed by atoms with van der Waals surface area (Å²) in [5, 5.41) is 0. The van der Waals surface area contributed by atoms with Gasteiger partial charge in [0.05, 0.1) is 0 Å². The highest BCUT2D eigenvalue weighted by molar-refractivity contribution is 7.66. The van der Waals surface area contributed by atoms with Gasteiger partial charge in [-0.25, -0.2) is 0 Å². The summed E-state index contributed by atoms with van der Waals surface area (Å²) in [5.74, 6) is 1.62. The Morgan fingerprint density at radius 3 is 2.11 bits per heavy atom. The predicted octanol–water partition coefficient (Wildman–Crippen LogP) is 2.69. The summed E-state index contributed by atoms with van der Waals surface area (Å²) in [5.41, 5.74) is 2.57. The van der Waals surface area contributed by atoms with Crippen molar-refractivity contribution in [2.75, 3.05) is 12.3 Å². The monoisotopic (exact) mass is 144 g/mol. The Morgan fingerprint density at radius 1 is 1.56 bits per heavy atom. The van der Waals surface area contributed by atoms with Crippen molar-refractivity contribution in [2.24, 2.45) is 0 Å². The van der Waals surface area contributed by atoms with Crippen LogP contribution in [0, 0.1) is 0 Å². The van der Waals surface area contributed by atoms with Gasteiger partial charge >= 0.3 is 0 Å². The van der Waals surface area contributed by atoms with Crippen LogP contribution in [0.25, 0.3) is 0 Å². The minimum absolute atomic E-state index is 0.728. The molecule has 2 heteroatoms. The topological polar surface area (TPSA) is 17.1 Å². The number of rotatable bonds is 3. The molecule has 1 nitrogen and oxygen atoms in total. The number of hydrogen-bond acceptors (Lipinski definition) is 1. The first-order valence-corrected chi connectivity index (χ1v) is 5.28. The molecule has 0 rings (SSSR count). The van der Waals surface area contributed by atoms with Crippen LogP contribution in [0.2, 0.25) is 0 Å². The highest BCUT2D eigenvalue weighted by atomic mass is 31.2. The maximum Gasteiger partial charge on any atom is 0.115 e. The molecule has 0 spiro atoms. The van der Waals surface area contributed by atoms with Gasteiger partial charge in [0.2, 0.25) is 0 Å². The van der Waals surface area contributed by atoms with Crippen molar-refractivity contribution in [1.29, 1.82) is 0 Å². The molecular weight excluding hydrogens is 131 g/mol. The van der Waals surface area contributed by atoms with Gasteiger partial charge in [-0.3, -0.25) is 0 Å². The van der Waals surface area contributed by atoms with E-state index in [0.29, 0.717) is 0 Å². The smallest absolute Gasteiger partial charge is 0.115 e. The van der Waals surface area contributed by atoms with E-state index < -0.39 is 7.14 Å². The summed E-state index contributed by atoms with van der Waals surface area (Å²) < 4.78 is 11.4. The standard InChI is InChI=1S/C7H13OP/c1-4-7-9(8,5-2)6-3/h7H,1,5-6H2,2-3H3. The predicted molar refractivity (Wildman–Crippen MR) is 42.4 cm³/mol. The average molecular weight is 144 g/mol. The van der Waals surface area contributed by atoms with Gasteiger partial charge < -0.3 is 4.57 Å². The quantitative estimate of drug-likeness (QED) is 0.439. The SMILES string of the molecule is C=C=CP(=O)(CC)CC. The van der Waals surface area contributed by atoms with Gasteiger partial charge in [-0.2, -0.15) is 0 Å². The van der Waals surface area contributed by atoms with Crippen LogP contribution in [0.15, 0.2) is 18.1 Å². The molecule has 0 aliphatic carbocycles. The molecule has 0 aliphatic heterocycles. The fourth-order valence-electron chi connectivity index (χ4n) is 0.573. The fraction of sp³-hybridized carbons (Fsp3) is 0.571. The van der Waals surface area contributed by atoms with Crippen molar-refractivity contribution < 1.29 is 4.57 Å². The fourth-order valence-corrected chi connectivity index (χ4v) is 1.72. The first-order chi connectivity index (χ1) is 4.18. The molecule has 0 aromatic carbocycles. The molecule has 0 fully saturated rings. The molecule has 0 aromatic rings. The second-order valence-electron chi connectivity index (χ2n) is 1.92. The van der Waals surface area contributed by atoms with E-state index in [1.165, 1.54) is 0 Å². The lowest BCUT2D eigenvalue weighted by Gasteiger charge is -2.04. The van der Waals surface area contributed by atoms with Gasteiger partial charge in [0.25, 0.3) is 0 Å². The molecule has 9 heavy (non-hydrogen) atoms. The molecule has 0 aliphatic rings. The van der Waals surface area contributed by atoms with Crippen LogP contribution in [0.1, 0.15) is 13.8 Å².